The van der Waals surface area contributed by atoms with Crippen molar-refractivity contribution < 1.29 is 5.11 Å². The van der Waals surface area contributed by atoms with Crippen LogP contribution in [0.15, 0.2) is 12.7 Å². The van der Waals surface area contributed by atoms with E-state index in [0.717, 1.165) is 12.8 Å². The third kappa shape index (κ3) is 6.79. The van der Waals surface area contributed by atoms with Gasteiger partial charge >= 0.3 is 0 Å². The van der Waals surface area contributed by atoms with Gasteiger partial charge in [0, 0.05) is 6.04 Å². The summed E-state index contributed by atoms with van der Waals surface area (Å²) in [4.78, 5) is 0. The largest absolute Gasteiger partial charge is 0.391 e. The molecule has 0 aliphatic rings. The molecule has 0 saturated carbocycles. The first-order chi connectivity index (χ1) is 6.13. The molecule has 0 fully saturated rings. The van der Waals surface area contributed by atoms with Crippen molar-refractivity contribution in [3.8, 4) is 0 Å². The van der Waals surface area contributed by atoms with E-state index in [0.29, 0.717) is 0 Å². The van der Waals surface area contributed by atoms with Crippen molar-refractivity contribution in [2.75, 3.05) is 0 Å². The number of nitrogens with two attached hydrogens (primary N) is 1. The highest BCUT2D eigenvalue weighted by molar-refractivity contribution is 4.81. The second kappa shape index (κ2) is 9.75. The van der Waals surface area contributed by atoms with Crippen LogP contribution in [0.2, 0.25) is 0 Å². The molecule has 0 aromatic carbocycles. The highest BCUT2D eigenvalue weighted by atomic mass is 16.3. The molecule has 2 heteroatoms. The summed E-state index contributed by atoms with van der Waals surface area (Å²) in [6.07, 6.45) is 3.24. The number of hydrogen-bond donors (Lipinski definition) is 2. The first kappa shape index (κ1) is 15.1. The maximum Gasteiger partial charge on any atom is 0.0719 e. The summed E-state index contributed by atoms with van der Waals surface area (Å²) in [5, 5.41) is 9.54. The molecule has 0 amide bonds. The van der Waals surface area contributed by atoms with Gasteiger partial charge in [-0.15, -0.1) is 6.58 Å². The van der Waals surface area contributed by atoms with Crippen LogP contribution in [0.5, 0.6) is 0 Å². The summed E-state index contributed by atoms with van der Waals surface area (Å²) < 4.78 is 0. The molecule has 0 radical (unpaired) electrons. The van der Waals surface area contributed by atoms with Crippen molar-refractivity contribution >= 4 is 0 Å². The average Bonchev–Trinajstić information content (AvgIpc) is 2.16. The minimum atomic E-state index is -0.391. The highest BCUT2D eigenvalue weighted by Crippen LogP contribution is 2.15. The van der Waals surface area contributed by atoms with Crippen molar-refractivity contribution in [2.24, 2.45) is 11.7 Å². The fraction of sp³-hybridized carbons (Fsp3) is 0.818. The van der Waals surface area contributed by atoms with Gasteiger partial charge in [0.1, 0.15) is 0 Å². The van der Waals surface area contributed by atoms with Crippen LogP contribution >= 0.6 is 0 Å². The predicted octanol–water partition coefficient (Wildman–Crippen LogP) is 2.32. The normalized spacial score (nSPS) is 16.5. The van der Waals surface area contributed by atoms with Crippen LogP contribution in [0.1, 0.15) is 40.5 Å². The van der Waals surface area contributed by atoms with E-state index < -0.39 is 6.10 Å². The third-order valence-electron chi connectivity index (χ3n) is 2.02. The lowest BCUT2D eigenvalue weighted by molar-refractivity contribution is 0.0863. The average molecular weight is 187 g/mol. The second-order valence-corrected chi connectivity index (χ2v) is 3.04. The Balaban J connectivity index is 0. The summed E-state index contributed by atoms with van der Waals surface area (Å²) in [7, 11) is 0. The smallest absolute Gasteiger partial charge is 0.0719 e. The number of hydrogen-bond acceptors (Lipinski definition) is 2. The van der Waals surface area contributed by atoms with Crippen molar-refractivity contribution in [3.05, 3.63) is 12.7 Å². The van der Waals surface area contributed by atoms with Gasteiger partial charge in [-0.25, -0.2) is 0 Å². The van der Waals surface area contributed by atoms with E-state index in [1.807, 2.05) is 26.8 Å². The molecule has 3 N–H and O–H groups in total. The Morgan fingerprint density at radius 1 is 1.46 bits per heavy atom. The number of allylic oxidation sites excluding steroid dienone is 1. The van der Waals surface area contributed by atoms with E-state index in [4.69, 9.17) is 5.73 Å². The number of rotatable bonds is 5. The Labute approximate surface area is 82.8 Å². The Morgan fingerprint density at radius 3 is 2.15 bits per heavy atom. The third-order valence-corrected chi connectivity index (χ3v) is 2.02. The number of aliphatic hydroxyl groups excluding tert-OH is 1. The molecule has 0 aliphatic carbocycles. The first-order valence-corrected chi connectivity index (χ1v) is 5.18. The summed E-state index contributed by atoms with van der Waals surface area (Å²) >= 11 is 0. The molecule has 0 saturated heterocycles. The van der Waals surface area contributed by atoms with E-state index in [1.165, 1.54) is 0 Å². The monoisotopic (exact) mass is 187 g/mol. The zero-order chi connectivity index (χ0) is 10.9. The molecule has 0 aromatic rings. The summed E-state index contributed by atoms with van der Waals surface area (Å²) in [5.74, 6) is 0.271. The van der Waals surface area contributed by atoms with Crippen molar-refractivity contribution in [1.82, 2.24) is 0 Å². The molecular weight excluding hydrogens is 162 g/mol. The quantitative estimate of drug-likeness (QED) is 0.649. The van der Waals surface area contributed by atoms with Crippen molar-refractivity contribution in [1.29, 1.82) is 0 Å². The van der Waals surface area contributed by atoms with E-state index >= 15 is 0 Å². The molecule has 80 valence electrons. The van der Waals surface area contributed by atoms with E-state index in [1.54, 1.807) is 0 Å². The van der Waals surface area contributed by atoms with Gasteiger partial charge in [0.2, 0.25) is 0 Å². The molecule has 3 atom stereocenters. The van der Waals surface area contributed by atoms with Crippen LogP contribution in [0.4, 0.5) is 0 Å². The van der Waals surface area contributed by atoms with Crippen LogP contribution in [0.25, 0.3) is 0 Å². The Kier molecular flexibility index (Phi) is 11.4. The summed E-state index contributed by atoms with van der Waals surface area (Å²) in [6.45, 7) is 11.5. The van der Waals surface area contributed by atoms with Crippen molar-refractivity contribution in [3.63, 3.8) is 0 Å². The summed E-state index contributed by atoms with van der Waals surface area (Å²) in [5.41, 5.74) is 5.56. The Hall–Kier alpha value is -0.340. The Bertz CT molecular complexity index is 113. The first-order valence-electron chi connectivity index (χ1n) is 5.18. The molecule has 0 aromatic heterocycles. The minimum absolute atomic E-state index is 0.139. The Morgan fingerprint density at radius 2 is 1.92 bits per heavy atom. The SMILES string of the molecule is C=CCC(CC)C(O)C(C)N.CC. The van der Waals surface area contributed by atoms with Crippen LogP contribution in [0.3, 0.4) is 0 Å². The lowest BCUT2D eigenvalue weighted by Crippen LogP contribution is -2.37. The second-order valence-electron chi connectivity index (χ2n) is 3.04. The number of aliphatic hydroxyl groups is 1. The van der Waals surface area contributed by atoms with Gasteiger partial charge in [0.05, 0.1) is 6.10 Å². The van der Waals surface area contributed by atoms with Crippen molar-refractivity contribution in [2.45, 2.75) is 52.7 Å². The van der Waals surface area contributed by atoms with Crippen LogP contribution in [0, 0.1) is 5.92 Å². The molecule has 0 rings (SSSR count). The fourth-order valence-corrected chi connectivity index (χ4v) is 1.19. The molecule has 0 heterocycles. The highest BCUT2D eigenvalue weighted by Gasteiger charge is 2.19. The van der Waals surface area contributed by atoms with Crippen LogP contribution in [-0.2, 0) is 0 Å². The zero-order valence-electron chi connectivity index (χ0n) is 9.46. The maximum absolute atomic E-state index is 9.54. The minimum Gasteiger partial charge on any atom is -0.391 e. The molecular formula is C11H25NO. The maximum atomic E-state index is 9.54. The predicted molar refractivity (Wildman–Crippen MR) is 59.6 cm³/mol. The van der Waals surface area contributed by atoms with Crippen LogP contribution < -0.4 is 5.73 Å². The van der Waals surface area contributed by atoms with Gasteiger partial charge in [-0.2, -0.15) is 0 Å². The molecule has 3 unspecified atom stereocenters. The molecule has 2 nitrogen and oxygen atoms in total. The lowest BCUT2D eigenvalue weighted by atomic mass is 9.92. The van der Waals surface area contributed by atoms with E-state index in [-0.39, 0.29) is 12.0 Å². The van der Waals surface area contributed by atoms with E-state index in [9.17, 15) is 5.11 Å². The summed E-state index contributed by atoms with van der Waals surface area (Å²) in [6, 6.07) is -0.139. The topological polar surface area (TPSA) is 46.2 Å². The van der Waals surface area contributed by atoms with Gasteiger partial charge in [0.15, 0.2) is 0 Å². The molecule has 0 aliphatic heterocycles. The van der Waals surface area contributed by atoms with E-state index in [2.05, 4.69) is 13.5 Å². The van der Waals surface area contributed by atoms with Gasteiger partial charge in [-0.1, -0.05) is 33.3 Å². The molecule has 0 spiro atoms. The lowest BCUT2D eigenvalue weighted by Gasteiger charge is -2.23. The standard InChI is InChI=1S/C9H19NO.C2H6/c1-4-6-8(5-2)9(11)7(3)10;1-2/h4,7-9,11H,1,5-6,10H2,2-3H3;1-2H3. The van der Waals surface area contributed by atoms with Gasteiger partial charge in [-0.3, -0.25) is 0 Å². The van der Waals surface area contributed by atoms with Gasteiger partial charge < -0.3 is 10.8 Å². The fourth-order valence-electron chi connectivity index (χ4n) is 1.19. The van der Waals surface area contributed by atoms with Gasteiger partial charge in [0.25, 0.3) is 0 Å². The van der Waals surface area contributed by atoms with Gasteiger partial charge in [-0.05, 0) is 19.3 Å². The zero-order valence-corrected chi connectivity index (χ0v) is 9.46. The molecule has 13 heavy (non-hydrogen) atoms. The molecule has 0 bridgehead atoms. The van der Waals surface area contributed by atoms with Crippen LogP contribution in [-0.4, -0.2) is 17.3 Å².